The molecule has 0 bridgehead atoms. The fourth-order valence-electron chi connectivity index (χ4n) is 0.941. The van der Waals surface area contributed by atoms with Crippen molar-refractivity contribution in [2.45, 2.75) is 0 Å². The van der Waals surface area contributed by atoms with Gasteiger partial charge in [-0.1, -0.05) is 0 Å². The van der Waals surface area contributed by atoms with Crippen LogP contribution in [-0.4, -0.2) is 31.3 Å². The van der Waals surface area contributed by atoms with Gasteiger partial charge in [0.2, 0.25) is 0 Å². The van der Waals surface area contributed by atoms with E-state index in [1.165, 1.54) is 19.2 Å². The van der Waals surface area contributed by atoms with Gasteiger partial charge in [-0.3, -0.25) is 0 Å². The van der Waals surface area contributed by atoms with Crippen LogP contribution < -0.4 is 9.78 Å². The Labute approximate surface area is 80.0 Å². The van der Waals surface area contributed by atoms with E-state index in [9.17, 15) is 8.63 Å². The van der Waals surface area contributed by atoms with E-state index in [-0.39, 0.29) is 15.9 Å². The average molecular weight is 246 g/mol. The van der Waals surface area contributed by atoms with E-state index < -0.39 is 14.2 Å². The molecule has 1 aromatic carbocycles. The van der Waals surface area contributed by atoms with E-state index >= 15 is 0 Å². The second-order valence-corrected chi connectivity index (χ2v) is 4.29. The maximum atomic E-state index is 11.2. The molecule has 1 unspecified atom stereocenters. The third-order valence-corrected chi connectivity index (χ3v) is 3.08. The van der Waals surface area contributed by atoms with E-state index in [0.717, 1.165) is 0 Å². The molecule has 70 valence electrons. The summed E-state index contributed by atoms with van der Waals surface area (Å²) < 4.78 is 20.0. The molecule has 1 aromatic rings. The molecule has 0 radical (unpaired) electrons. The first-order valence-corrected chi connectivity index (χ1v) is 5.91. The second kappa shape index (κ2) is 4.28. The summed E-state index contributed by atoms with van der Waals surface area (Å²) >= 11 is -3.02. The monoisotopic (exact) mass is 247 g/mol. The van der Waals surface area contributed by atoms with Crippen LogP contribution in [0.5, 0.6) is 0 Å². The Morgan fingerprint density at radius 1 is 1.46 bits per heavy atom. The Morgan fingerprint density at radius 3 is 2.62 bits per heavy atom. The standard InChI is InChI=1S/C8H9NO3Se/c1-9-8(10)6-4-2-3-5-7(6)13(11)12/h2-5H,1H3,(H,9,10)(H,11,12). The van der Waals surface area contributed by atoms with Crippen molar-refractivity contribution in [3.8, 4) is 0 Å². The predicted molar refractivity (Wildman–Crippen MR) is 48.1 cm³/mol. The Bertz CT molecular complexity index is 351. The van der Waals surface area contributed by atoms with Crippen molar-refractivity contribution in [1.82, 2.24) is 5.32 Å². The maximum absolute atomic E-state index is 11.2. The van der Waals surface area contributed by atoms with Crippen molar-refractivity contribution >= 4 is 24.5 Å². The Balaban J connectivity index is 3.19. The minimum absolute atomic E-state index is 0.224. The zero-order chi connectivity index (χ0) is 9.84. The molecule has 0 aliphatic heterocycles. The topological polar surface area (TPSA) is 66.4 Å². The van der Waals surface area contributed by atoms with E-state index in [1.54, 1.807) is 12.1 Å². The Morgan fingerprint density at radius 2 is 2.08 bits per heavy atom. The van der Waals surface area contributed by atoms with Crippen molar-refractivity contribution < 1.29 is 12.8 Å². The summed E-state index contributed by atoms with van der Waals surface area (Å²) in [5.74, 6) is -0.339. The molecule has 13 heavy (non-hydrogen) atoms. The van der Waals surface area contributed by atoms with Crippen LogP contribution >= 0.6 is 0 Å². The summed E-state index contributed by atoms with van der Waals surface area (Å²) in [4.78, 5) is 11.2. The van der Waals surface area contributed by atoms with Gasteiger partial charge in [0.25, 0.3) is 0 Å². The molecule has 0 aromatic heterocycles. The van der Waals surface area contributed by atoms with Gasteiger partial charge in [0.15, 0.2) is 0 Å². The molecule has 0 aliphatic rings. The van der Waals surface area contributed by atoms with Crippen LogP contribution in [0.1, 0.15) is 10.4 Å². The van der Waals surface area contributed by atoms with Crippen LogP contribution in [0, 0.1) is 0 Å². The normalized spacial score (nSPS) is 12.2. The summed E-state index contributed by atoms with van der Waals surface area (Å²) in [5, 5.41) is 2.41. The molecule has 2 N–H and O–H groups in total. The zero-order valence-corrected chi connectivity index (χ0v) is 8.69. The second-order valence-electron chi connectivity index (χ2n) is 2.32. The molecule has 0 spiro atoms. The van der Waals surface area contributed by atoms with Gasteiger partial charge in [0.1, 0.15) is 0 Å². The van der Waals surface area contributed by atoms with Crippen molar-refractivity contribution in [2.75, 3.05) is 7.05 Å². The number of benzene rings is 1. The van der Waals surface area contributed by atoms with E-state index in [4.69, 9.17) is 4.19 Å². The van der Waals surface area contributed by atoms with Crippen LogP contribution in [0.4, 0.5) is 0 Å². The van der Waals surface area contributed by atoms with Gasteiger partial charge in [-0.2, -0.15) is 0 Å². The van der Waals surface area contributed by atoms with Gasteiger partial charge in [0.05, 0.1) is 0 Å². The first kappa shape index (κ1) is 10.1. The molecule has 1 amide bonds. The molecular formula is C8H9NO3Se. The zero-order valence-electron chi connectivity index (χ0n) is 6.98. The van der Waals surface area contributed by atoms with Crippen molar-refractivity contribution in [3.05, 3.63) is 29.8 Å². The van der Waals surface area contributed by atoms with E-state index in [2.05, 4.69) is 5.32 Å². The molecular weight excluding hydrogens is 237 g/mol. The number of rotatable bonds is 2. The number of hydrogen-bond donors (Lipinski definition) is 2. The summed E-state index contributed by atoms with van der Waals surface area (Å²) in [6.07, 6.45) is 0. The SMILES string of the molecule is CNC(=O)c1ccccc1[Se](=O)O. The molecule has 1 rings (SSSR count). The van der Waals surface area contributed by atoms with Gasteiger partial charge < -0.3 is 0 Å². The molecule has 0 aliphatic carbocycles. The molecule has 0 saturated carbocycles. The first-order valence-electron chi connectivity index (χ1n) is 3.58. The molecule has 4 nitrogen and oxygen atoms in total. The first-order chi connectivity index (χ1) is 6.16. The minimum atomic E-state index is -3.02. The third-order valence-electron chi connectivity index (χ3n) is 1.55. The van der Waals surface area contributed by atoms with E-state index in [0.29, 0.717) is 0 Å². The van der Waals surface area contributed by atoms with Crippen molar-refractivity contribution in [2.24, 2.45) is 0 Å². The van der Waals surface area contributed by atoms with Crippen LogP contribution in [0.3, 0.4) is 0 Å². The van der Waals surface area contributed by atoms with Crippen molar-refractivity contribution in [1.29, 1.82) is 0 Å². The molecule has 0 saturated heterocycles. The molecule has 1 atom stereocenters. The quantitative estimate of drug-likeness (QED) is 0.669. The average Bonchev–Trinajstić information content (AvgIpc) is 2.16. The summed E-state index contributed by atoms with van der Waals surface area (Å²) in [5.41, 5.74) is 0.271. The molecule has 5 heteroatoms. The summed E-state index contributed by atoms with van der Waals surface area (Å²) in [7, 11) is 1.48. The third kappa shape index (κ3) is 2.21. The van der Waals surface area contributed by atoms with Crippen LogP contribution in [-0.2, 0) is 3.83 Å². The van der Waals surface area contributed by atoms with E-state index in [1.807, 2.05) is 0 Å². The fourth-order valence-corrected chi connectivity index (χ4v) is 2.08. The summed E-state index contributed by atoms with van der Waals surface area (Å²) in [6, 6.07) is 6.30. The Kier molecular flexibility index (Phi) is 3.31. The summed E-state index contributed by atoms with van der Waals surface area (Å²) in [6.45, 7) is 0. The van der Waals surface area contributed by atoms with Gasteiger partial charge >= 0.3 is 79.5 Å². The van der Waals surface area contributed by atoms with Crippen LogP contribution in [0.15, 0.2) is 24.3 Å². The molecule has 0 heterocycles. The van der Waals surface area contributed by atoms with Gasteiger partial charge in [-0.25, -0.2) is 0 Å². The fraction of sp³-hybridized carbons (Fsp3) is 0.125. The van der Waals surface area contributed by atoms with Gasteiger partial charge in [-0.15, -0.1) is 0 Å². The molecule has 0 fully saturated rings. The van der Waals surface area contributed by atoms with Gasteiger partial charge in [-0.05, 0) is 0 Å². The number of amides is 1. The number of carbonyl (C=O) groups is 1. The van der Waals surface area contributed by atoms with Crippen LogP contribution in [0.2, 0.25) is 0 Å². The van der Waals surface area contributed by atoms with Crippen LogP contribution in [0.25, 0.3) is 0 Å². The van der Waals surface area contributed by atoms with Crippen molar-refractivity contribution in [3.63, 3.8) is 0 Å². The number of hydrogen-bond acceptors (Lipinski definition) is 2. The van der Waals surface area contributed by atoms with Gasteiger partial charge in [0, 0.05) is 0 Å². The predicted octanol–water partition coefficient (Wildman–Crippen LogP) is -0.836. The number of carbonyl (C=O) groups excluding carboxylic acids is 1. The number of nitrogens with one attached hydrogen (secondary N) is 1. The Hall–Kier alpha value is -1.03.